The Balaban J connectivity index is 2.73. The number of halogens is 1. The summed E-state index contributed by atoms with van der Waals surface area (Å²) in [6.07, 6.45) is 3.83. The van der Waals surface area contributed by atoms with Gasteiger partial charge in [0.25, 0.3) is 0 Å². The zero-order chi connectivity index (χ0) is 10.6. The van der Waals surface area contributed by atoms with Crippen molar-refractivity contribution in [3.63, 3.8) is 0 Å². The lowest BCUT2D eigenvalue weighted by Crippen LogP contribution is -2.00. The molecule has 0 amide bonds. The number of aliphatic carboxylic acids is 1. The van der Waals surface area contributed by atoms with Crippen molar-refractivity contribution in [2.24, 2.45) is 0 Å². The van der Waals surface area contributed by atoms with Crippen LogP contribution in [0.25, 0.3) is 0 Å². The SMILES string of the molecule is CSc1ncc(CCC(=O)O)c(Cl)n1. The second kappa shape index (κ2) is 5.17. The van der Waals surface area contributed by atoms with Crippen molar-refractivity contribution in [1.82, 2.24) is 9.97 Å². The van der Waals surface area contributed by atoms with Gasteiger partial charge in [-0.15, -0.1) is 0 Å². The lowest BCUT2D eigenvalue weighted by Gasteiger charge is -2.01. The highest BCUT2D eigenvalue weighted by Gasteiger charge is 2.06. The molecule has 0 spiro atoms. The molecule has 4 nitrogen and oxygen atoms in total. The minimum absolute atomic E-state index is 0.0433. The second-order valence-corrected chi connectivity index (χ2v) is 3.70. The quantitative estimate of drug-likeness (QED) is 0.488. The molecule has 1 N–H and O–H groups in total. The molecule has 14 heavy (non-hydrogen) atoms. The van der Waals surface area contributed by atoms with Gasteiger partial charge in [0.05, 0.1) is 0 Å². The van der Waals surface area contributed by atoms with Gasteiger partial charge in [0.15, 0.2) is 5.16 Å². The molecule has 0 atom stereocenters. The average Bonchev–Trinajstić information content (AvgIpc) is 2.15. The Labute approximate surface area is 90.7 Å². The average molecular weight is 233 g/mol. The molecular formula is C8H9ClN2O2S. The number of hydrogen-bond acceptors (Lipinski definition) is 4. The number of hydrogen-bond donors (Lipinski definition) is 1. The summed E-state index contributed by atoms with van der Waals surface area (Å²) in [6, 6.07) is 0. The Morgan fingerprint density at radius 1 is 1.71 bits per heavy atom. The van der Waals surface area contributed by atoms with Crippen LogP contribution < -0.4 is 0 Å². The van der Waals surface area contributed by atoms with E-state index >= 15 is 0 Å². The smallest absolute Gasteiger partial charge is 0.303 e. The summed E-state index contributed by atoms with van der Waals surface area (Å²) in [5.74, 6) is -0.852. The highest BCUT2D eigenvalue weighted by molar-refractivity contribution is 7.98. The van der Waals surface area contributed by atoms with E-state index in [2.05, 4.69) is 9.97 Å². The van der Waals surface area contributed by atoms with Gasteiger partial charge >= 0.3 is 5.97 Å². The highest BCUT2D eigenvalue weighted by atomic mass is 35.5. The summed E-state index contributed by atoms with van der Waals surface area (Å²) in [4.78, 5) is 18.3. The van der Waals surface area contributed by atoms with E-state index in [4.69, 9.17) is 16.7 Å². The van der Waals surface area contributed by atoms with Crippen LogP contribution in [0.15, 0.2) is 11.4 Å². The van der Waals surface area contributed by atoms with Crippen LogP contribution in [-0.4, -0.2) is 27.3 Å². The molecule has 0 bridgehead atoms. The van der Waals surface area contributed by atoms with Gasteiger partial charge in [0, 0.05) is 18.2 Å². The Kier molecular flexibility index (Phi) is 4.16. The zero-order valence-corrected chi connectivity index (χ0v) is 9.10. The second-order valence-electron chi connectivity index (χ2n) is 2.57. The van der Waals surface area contributed by atoms with Crippen molar-refractivity contribution >= 4 is 29.3 Å². The number of carbonyl (C=O) groups is 1. The number of nitrogens with zero attached hydrogens (tertiary/aromatic N) is 2. The minimum atomic E-state index is -0.852. The van der Waals surface area contributed by atoms with Crippen LogP contribution in [0.5, 0.6) is 0 Å². The van der Waals surface area contributed by atoms with Crippen molar-refractivity contribution in [3.05, 3.63) is 16.9 Å². The van der Waals surface area contributed by atoms with Gasteiger partial charge in [0.1, 0.15) is 5.15 Å². The van der Waals surface area contributed by atoms with Crippen LogP contribution in [0.1, 0.15) is 12.0 Å². The normalized spacial score (nSPS) is 10.1. The van der Waals surface area contributed by atoms with Gasteiger partial charge in [0.2, 0.25) is 0 Å². The summed E-state index contributed by atoms with van der Waals surface area (Å²) in [7, 11) is 0. The number of rotatable bonds is 4. The molecule has 0 unspecified atom stereocenters. The van der Waals surface area contributed by atoms with Crippen LogP contribution in [-0.2, 0) is 11.2 Å². The number of thioether (sulfide) groups is 1. The van der Waals surface area contributed by atoms with Gasteiger partial charge in [-0.1, -0.05) is 23.4 Å². The van der Waals surface area contributed by atoms with E-state index in [-0.39, 0.29) is 6.42 Å². The molecule has 0 aromatic carbocycles. The van der Waals surface area contributed by atoms with E-state index < -0.39 is 5.97 Å². The number of carboxylic acid groups (broad SMARTS) is 1. The van der Waals surface area contributed by atoms with Crippen molar-refractivity contribution < 1.29 is 9.90 Å². The molecule has 0 aliphatic rings. The summed E-state index contributed by atoms with van der Waals surface area (Å²) in [6.45, 7) is 0. The van der Waals surface area contributed by atoms with Crippen molar-refractivity contribution in [3.8, 4) is 0 Å². The molecule has 0 radical (unpaired) electrons. The van der Waals surface area contributed by atoms with Gasteiger partial charge in [-0.3, -0.25) is 4.79 Å². The standard InChI is InChI=1S/C8H9ClN2O2S/c1-14-8-10-4-5(7(9)11-8)2-3-6(12)13/h4H,2-3H2,1H3,(H,12,13). The van der Waals surface area contributed by atoms with Gasteiger partial charge in [-0.2, -0.15) is 0 Å². The summed E-state index contributed by atoms with van der Waals surface area (Å²) in [5, 5.41) is 9.41. The van der Waals surface area contributed by atoms with Gasteiger partial charge in [-0.05, 0) is 12.7 Å². The third kappa shape index (κ3) is 3.16. The first-order chi connectivity index (χ1) is 6.63. The maximum atomic E-state index is 10.3. The predicted molar refractivity (Wildman–Crippen MR) is 54.8 cm³/mol. The monoisotopic (exact) mass is 232 g/mol. The summed E-state index contributed by atoms with van der Waals surface area (Å²) in [5.41, 5.74) is 0.673. The topological polar surface area (TPSA) is 63.1 Å². The molecule has 0 saturated heterocycles. The maximum absolute atomic E-state index is 10.3. The lowest BCUT2D eigenvalue weighted by molar-refractivity contribution is -0.136. The third-order valence-corrected chi connectivity index (χ3v) is 2.47. The number of carboxylic acids is 1. The van der Waals surface area contributed by atoms with Crippen molar-refractivity contribution in [2.75, 3.05) is 6.26 Å². The first kappa shape index (κ1) is 11.3. The molecule has 0 aliphatic heterocycles. The summed E-state index contributed by atoms with van der Waals surface area (Å²) >= 11 is 7.23. The fourth-order valence-corrected chi connectivity index (χ4v) is 1.49. The zero-order valence-electron chi connectivity index (χ0n) is 7.53. The largest absolute Gasteiger partial charge is 0.481 e. The molecule has 6 heteroatoms. The van der Waals surface area contributed by atoms with Crippen LogP contribution in [0, 0.1) is 0 Å². The van der Waals surface area contributed by atoms with Crippen LogP contribution in [0.3, 0.4) is 0 Å². The maximum Gasteiger partial charge on any atom is 0.303 e. The van der Waals surface area contributed by atoms with E-state index in [0.29, 0.717) is 22.3 Å². The third-order valence-electron chi connectivity index (χ3n) is 1.58. The van der Waals surface area contributed by atoms with Gasteiger partial charge < -0.3 is 5.11 Å². The summed E-state index contributed by atoms with van der Waals surface area (Å²) < 4.78 is 0. The molecule has 76 valence electrons. The lowest BCUT2D eigenvalue weighted by atomic mass is 10.2. The van der Waals surface area contributed by atoms with Crippen LogP contribution in [0.2, 0.25) is 5.15 Å². The molecule has 1 rings (SSSR count). The van der Waals surface area contributed by atoms with Gasteiger partial charge in [-0.25, -0.2) is 9.97 Å². The fourth-order valence-electron chi connectivity index (χ4n) is 0.879. The molecule has 0 fully saturated rings. The predicted octanol–water partition coefficient (Wildman–Crippen LogP) is 1.87. The van der Waals surface area contributed by atoms with E-state index in [1.54, 1.807) is 6.20 Å². The Morgan fingerprint density at radius 3 is 2.93 bits per heavy atom. The van der Waals surface area contributed by atoms with Crippen LogP contribution >= 0.6 is 23.4 Å². The number of aryl methyl sites for hydroxylation is 1. The Hall–Kier alpha value is -0.810. The van der Waals surface area contributed by atoms with Crippen molar-refractivity contribution in [1.29, 1.82) is 0 Å². The Bertz CT molecular complexity index is 346. The molecule has 1 aromatic heterocycles. The van der Waals surface area contributed by atoms with Crippen LogP contribution in [0.4, 0.5) is 0 Å². The first-order valence-corrected chi connectivity index (χ1v) is 5.51. The highest BCUT2D eigenvalue weighted by Crippen LogP contribution is 2.17. The minimum Gasteiger partial charge on any atom is -0.481 e. The van der Waals surface area contributed by atoms with E-state index in [1.165, 1.54) is 11.8 Å². The molecule has 0 aliphatic carbocycles. The molecule has 1 heterocycles. The van der Waals surface area contributed by atoms with E-state index in [1.807, 2.05) is 6.26 Å². The molecular weight excluding hydrogens is 224 g/mol. The Morgan fingerprint density at radius 2 is 2.43 bits per heavy atom. The molecule has 0 saturated carbocycles. The van der Waals surface area contributed by atoms with E-state index in [9.17, 15) is 4.79 Å². The van der Waals surface area contributed by atoms with Crippen molar-refractivity contribution in [2.45, 2.75) is 18.0 Å². The molecule has 1 aromatic rings. The number of aromatic nitrogens is 2. The fraction of sp³-hybridized carbons (Fsp3) is 0.375. The first-order valence-electron chi connectivity index (χ1n) is 3.90. The van der Waals surface area contributed by atoms with E-state index in [0.717, 1.165) is 0 Å².